The molecule has 0 bridgehead atoms. The van der Waals surface area contributed by atoms with Crippen molar-refractivity contribution in [3.63, 3.8) is 0 Å². The van der Waals surface area contributed by atoms with E-state index in [1.807, 2.05) is 4.90 Å². The van der Waals surface area contributed by atoms with Gasteiger partial charge in [0.2, 0.25) is 11.8 Å². The number of halogens is 2. The highest BCUT2D eigenvalue weighted by Crippen LogP contribution is 2.15. The molecule has 0 radical (unpaired) electrons. The van der Waals surface area contributed by atoms with Gasteiger partial charge in [-0.25, -0.2) is 4.98 Å². The van der Waals surface area contributed by atoms with Gasteiger partial charge < -0.3 is 21.3 Å². The second-order valence-corrected chi connectivity index (χ2v) is 4.80. The van der Waals surface area contributed by atoms with Gasteiger partial charge in [-0.15, -0.1) is 24.8 Å². The highest BCUT2D eigenvalue weighted by atomic mass is 35.5. The molecule has 1 aliphatic heterocycles. The monoisotopic (exact) mass is 349 g/mol. The fraction of sp³-hybridized carbons (Fsp3) is 0.462. The zero-order valence-electron chi connectivity index (χ0n) is 12.2. The van der Waals surface area contributed by atoms with E-state index in [1.165, 1.54) is 0 Å². The average Bonchev–Trinajstić information content (AvgIpc) is 2.47. The number of nitrogens with one attached hydrogen (secondary N) is 2. The molecule has 1 aromatic rings. The van der Waals surface area contributed by atoms with Crippen molar-refractivity contribution in [3.8, 4) is 0 Å². The fourth-order valence-corrected chi connectivity index (χ4v) is 1.85. The second-order valence-electron chi connectivity index (χ2n) is 4.80. The normalized spacial score (nSPS) is 15.0. The minimum Gasteiger partial charge on any atom is -0.353 e. The van der Waals surface area contributed by atoms with Gasteiger partial charge in [0.15, 0.2) is 0 Å². The Kier molecular flexibility index (Phi) is 8.77. The summed E-state index contributed by atoms with van der Waals surface area (Å²) in [4.78, 5) is 29.2. The number of nitrogens with zero attached hydrogens (tertiary/aromatic N) is 2. The number of aromatic nitrogens is 1. The average molecular weight is 350 g/mol. The van der Waals surface area contributed by atoms with Crippen molar-refractivity contribution >= 4 is 48.1 Å². The van der Waals surface area contributed by atoms with E-state index in [1.54, 1.807) is 25.3 Å². The lowest BCUT2D eigenvalue weighted by Crippen LogP contribution is -2.48. The molecule has 0 saturated carbocycles. The molecule has 1 aromatic heterocycles. The van der Waals surface area contributed by atoms with Gasteiger partial charge in [-0.1, -0.05) is 6.92 Å². The molecule has 2 amide bonds. The van der Waals surface area contributed by atoms with Crippen LogP contribution in [0.3, 0.4) is 0 Å². The number of carbonyl (C=O) groups is 2. The molecule has 1 saturated heterocycles. The minimum atomic E-state index is -0.236. The lowest BCUT2D eigenvalue weighted by atomic mass is 10.1. The summed E-state index contributed by atoms with van der Waals surface area (Å²) >= 11 is 0. The van der Waals surface area contributed by atoms with Gasteiger partial charge in [-0.3, -0.25) is 9.59 Å². The van der Waals surface area contributed by atoms with E-state index in [-0.39, 0.29) is 42.5 Å². The number of piperazine rings is 1. The van der Waals surface area contributed by atoms with Gasteiger partial charge >= 0.3 is 0 Å². The molecule has 1 fully saturated rings. The largest absolute Gasteiger partial charge is 0.353 e. The van der Waals surface area contributed by atoms with Crippen molar-refractivity contribution in [3.05, 3.63) is 18.3 Å². The topological polar surface area (TPSA) is 100 Å². The van der Waals surface area contributed by atoms with Crippen LogP contribution in [0.1, 0.15) is 6.92 Å². The van der Waals surface area contributed by atoms with Crippen LogP contribution in [0.15, 0.2) is 18.3 Å². The van der Waals surface area contributed by atoms with Gasteiger partial charge in [0.25, 0.3) is 0 Å². The Hall–Kier alpha value is -1.57. The molecule has 2 rings (SSSR count). The maximum Gasteiger partial charge on any atom is 0.239 e. The molecule has 1 atom stereocenters. The van der Waals surface area contributed by atoms with E-state index >= 15 is 0 Å². The lowest BCUT2D eigenvalue weighted by molar-refractivity contribution is -0.120. The van der Waals surface area contributed by atoms with Crippen molar-refractivity contribution in [2.45, 2.75) is 6.92 Å². The first-order chi connectivity index (χ1) is 9.60. The number of carbonyl (C=O) groups excluding carboxylic acids is 2. The summed E-state index contributed by atoms with van der Waals surface area (Å²) in [6.07, 6.45) is 1.59. The molecule has 2 heterocycles. The summed E-state index contributed by atoms with van der Waals surface area (Å²) in [7, 11) is 0. The van der Waals surface area contributed by atoms with Crippen molar-refractivity contribution in [2.75, 3.05) is 36.4 Å². The van der Waals surface area contributed by atoms with E-state index in [9.17, 15) is 9.59 Å². The first-order valence-electron chi connectivity index (χ1n) is 6.59. The van der Waals surface area contributed by atoms with Gasteiger partial charge in [0.05, 0.1) is 18.4 Å². The molecule has 0 aliphatic carbocycles. The van der Waals surface area contributed by atoms with E-state index in [2.05, 4.69) is 15.6 Å². The van der Waals surface area contributed by atoms with Crippen molar-refractivity contribution in [1.82, 2.24) is 10.3 Å². The lowest BCUT2D eigenvalue weighted by Gasteiger charge is -2.27. The smallest absolute Gasteiger partial charge is 0.239 e. The Balaban J connectivity index is 0.00000220. The van der Waals surface area contributed by atoms with Crippen LogP contribution in [0.2, 0.25) is 0 Å². The molecular formula is C13H21Cl2N5O2. The van der Waals surface area contributed by atoms with Crippen LogP contribution in [-0.2, 0) is 9.59 Å². The number of rotatable bonds is 4. The SMILES string of the molecule is CC(CN)C(=O)Nc1ccc(N2CCNC(=O)C2)nc1.Cl.Cl. The Morgan fingerprint density at radius 2 is 2.23 bits per heavy atom. The van der Waals surface area contributed by atoms with Crippen LogP contribution in [0.5, 0.6) is 0 Å². The van der Waals surface area contributed by atoms with Crippen LogP contribution in [0, 0.1) is 5.92 Å². The maximum atomic E-state index is 11.7. The Labute approximate surface area is 141 Å². The highest BCUT2D eigenvalue weighted by Gasteiger charge is 2.17. The van der Waals surface area contributed by atoms with E-state index in [0.29, 0.717) is 25.3 Å². The maximum absolute atomic E-state index is 11.7. The number of hydrogen-bond donors (Lipinski definition) is 3. The van der Waals surface area contributed by atoms with E-state index in [4.69, 9.17) is 5.73 Å². The number of pyridine rings is 1. The summed E-state index contributed by atoms with van der Waals surface area (Å²) in [5, 5.41) is 5.51. The van der Waals surface area contributed by atoms with E-state index in [0.717, 1.165) is 12.4 Å². The van der Waals surface area contributed by atoms with Crippen LogP contribution >= 0.6 is 24.8 Å². The molecule has 1 aliphatic rings. The Morgan fingerprint density at radius 1 is 1.50 bits per heavy atom. The Bertz CT molecular complexity index is 498. The number of hydrogen-bond acceptors (Lipinski definition) is 5. The third kappa shape index (κ3) is 5.32. The summed E-state index contributed by atoms with van der Waals surface area (Å²) in [6, 6.07) is 3.57. The summed E-state index contributed by atoms with van der Waals surface area (Å²) in [6.45, 7) is 3.73. The molecule has 0 spiro atoms. The predicted octanol–water partition coefficient (Wildman–Crippen LogP) is 0.395. The molecular weight excluding hydrogens is 329 g/mol. The first kappa shape index (κ1) is 20.4. The van der Waals surface area contributed by atoms with Gasteiger partial charge in [0, 0.05) is 25.6 Å². The van der Waals surface area contributed by atoms with Crippen molar-refractivity contribution in [1.29, 1.82) is 0 Å². The van der Waals surface area contributed by atoms with Crippen LogP contribution in [0.4, 0.5) is 11.5 Å². The fourth-order valence-electron chi connectivity index (χ4n) is 1.85. The van der Waals surface area contributed by atoms with Crippen LogP contribution in [-0.4, -0.2) is 43.0 Å². The van der Waals surface area contributed by atoms with Crippen LogP contribution < -0.4 is 21.3 Å². The predicted molar refractivity (Wildman–Crippen MR) is 90.8 cm³/mol. The molecule has 22 heavy (non-hydrogen) atoms. The van der Waals surface area contributed by atoms with Gasteiger partial charge in [0.1, 0.15) is 5.82 Å². The molecule has 124 valence electrons. The molecule has 9 heteroatoms. The van der Waals surface area contributed by atoms with Gasteiger partial charge in [-0.2, -0.15) is 0 Å². The molecule has 0 aromatic carbocycles. The number of amides is 2. The van der Waals surface area contributed by atoms with Crippen molar-refractivity contribution in [2.24, 2.45) is 11.7 Å². The summed E-state index contributed by atoms with van der Waals surface area (Å²) in [5.74, 6) is 0.358. The zero-order chi connectivity index (χ0) is 14.5. The Morgan fingerprint density at radius 3 is 2.77 bits per heavy atom. The molecule has 7 nitrogen and oxygen atoms in total. The molecule has 1 unspecified atom stereocenters. The zero-order valence-corrected chi connectivity index (χ0v) is 13.9. The summed E-state index contributed by atoms with van der Waals surface area (Å²) < 4.78 is 0. The first-order valence-corrected chi connectivity index (χ1v) is 6.59. The third-order valence-electron chi connectivity index (χ3n) is 3.18. The van der Waals surface area contributed by atoms with Crippen LogP contribution in [0.25, 0.3) is 0 Å². The number of anilines is 2. The number of nitrogens with two attached hydrogens (primary N) is 1. The van der Waals surface area contributed by atoms with Gasteiger partial charge in [-0.05, 0) is 12.1 Å². The van der Waals surface area contributed by atoms with E-state index < -0.39 is 0 Å². The standard InChI is InChI=1S/C13H19N5O2.2ClH/c1-9(6-14)13(20)17-10-2-3-11(16-7-10)18-5-4-15-12(19)8-18;;/h2-3,7,9H,4-6,8,14H2,1H3,(H,15,19)(H,17,20);2*1H. The third-order valence-corrected chi connectivity index (χ3v) is 3.18. The van der Waals surface area contributed by atoms with Crippen molar-refractivity contribution < 1.29 is 9.59 Å². The minimum absolute atomic E-state index is 0. The highest BCUT2D eigenvalue weighted by molar-refractivity contribution is 5.92. The molecule has 4 N–H and O–H groups in total. The summed E-state index contributed by atoms with van der Waals surface area (Å²) in [5.41, 5.74) is 6.07. The quantitative estimate of drug-likeness (QED) is 0.730. The second kappa shape index (κ2) is 9.45.